The monoisotopic (exact) mass is 284 g/mol. The molecule has 0 aromatic heterocycles. The first-order valence-electron chi connectivity index (χ1n) is 5.88. The van der Waals surface area contributed by atoms with Gasteiger partial charge in [-0.15, -0.1) is 5.06 Å². The van der Waals surface area contributed by atoms with E-state index in [9.17, 15) is 14.4 Å². The van der Waals surface area contributed by atoms with E-state index in [4.69, 9.17) is 4.84 Å². The quantitative estimate of drug-likeness (QED) is 0.442. The minimum atomic E-state index is -0.854. The molecule has 104 valence electrons. The van der Waals surface area contributed by atoms with Crippen molar-refractivity contribution in [2.75, 3.05) is 0 Å². The van der Waals surface area contributed by atoms with Crippen molar-refractivity contribution in [1.29, 1.82) is 0 Å². The highest BCUT2D eigenvalue weighted by molar-refractivity contribution is 7.78. The molecule has 1 unspecified atom stereocenters. The Morgan fingerprint density at radius 1 is 1.53 bits per heavy atom. The van der Waals surface area contributed by atoms with Crippen LogP contribution in [0.15, 0.2) is 4.99 Å². The normalized spacial score (nSPS) is 19.6. The van der Waals surface area contributed by atoms with Crippen LogP contribution < -0.4 is 0 Å². The van der Waals surface area contributed by atoms with Gasteiger partial charge in [0.25, 0.3) is 11.8 Å². The molecule has 1 rings (SSSR count). The molecule has 0 aromatic rings. The van der Waals surface area contributed by atoms with Gasteiger partial charge in [0.2, 0.25) is 0 Å². The highest BCUT2D eigenvalue weighted by Crippen LogP contribution is 2.32. The maximum absolute atomic E-state index is 12.1. The summed E-state index contributed by atoms with van der Waals surface area (Å²) in [7, 11) is 0. The summed E-state index contributed by atoms with van der Waals surface area (Å²) in [6.45, 7) is 6.59. The standard InChI is InChI=1S/C12H16N2O4S/c1-7(2)11(17)18-14-9(15)5-8(10(14)16)12(3,4)13-6-19/h7-8H,5H2,1-4H3. The Morgan fingerprint density at radius 3 is 2.58 bits per heavy atom. The van der Waals surface area contributed by atoms with Crippen LogP contribution in [-0.2, 0) is 19.2 Å². The molecule has 19 heavy (non-hydrogen) atoms. The summed E-state index contributed by atoms with van der Waals surface area (Å²) in [5.41, 5.74) is -0.854. The van der Waals surface area contributed by atoms with Gasteiger partial charge in [0.05, 0.1) is 22.5 Å². The summed E-state index contributed by atoms with van der Waals surface area (Å²) >= 11 is 4.53. The summed E-state index contributed by atoms with van der Waals surface area (Å²) in [5, 5.41) is 2.75. The zero-order chi connectivity index (χ0) is 14.8. The average Bonchev–Trinajstić information content (AvgIpc) is 2.57. The Balaban J connectivity index is 2.91. The van der Waals surface area contributed by atoms with Crippen molar-refractivity contribution in [2.45, 2.75) is 39.7 Å². The van der Waals surface area contributed by atoms with Crippen LogP contribution in [0.3, 0.4) is 0 Å². The van der Waals surface area contributed by atoms with E-state index in [1.54, 1.807) is 27.7 Å². The number of amides is 2. The van der Waals surface area contributed by atoms with E-state index in [0.717, 1.165) is 0 Å². The molecule has 1 atom stereocenters. The van der Waals surface area contributed by atoms with Crippen molar-refractivity contribution in [3.8, 4) is 0 Å². The van der Waals surface area contributed by atoms with E-state index in [-0.39, 0.29) is 6.42 Å². The van der Waals surface area contributed by atoms with Crippen LogP contribution in [0, 0.1) is 11.8 Å². The third-order valence-corrected chi connectivity index (χ3v) is 3.03. The average molecular weight is 284 g/mol. The van der Waals surface area contributed by atoms with E-state index in [1.807, 2.05) is 0 Å². The second kappa shape index (κ2) is 5.59. The van der Waals surface area contributed by atoms with Gasteiger partial charge in [0.1, 0.15) is 0 Å². The zero-order valence-electron chi connectivity index (χ0n) is 11.3. The molecule has 7 heteroatoms. The topological polar surface area (TPSA) is 76.0 Å². The molecule has 1 fully saturated rings. The third kappa shape index (κ3) is 3.24. The summed E-state index contributed by atoms with van der Waals surface area (Å²) in [4.78, 5) is 44.0. The maximum Gasteiger partial charge on any atom is 0.335 e. The fourth-order valence-corrected chi connectivity index (χ4v) is 1.88. The number of rotatable bonds is 4. The number of aliphatic imine (C=N–C) groups is 1. The SMILES string of the molecule is CC(C)C(=O)ON1C(=O)CC(C(C)(C)N=C=S)C1=O. The molecule has 0 radical (unpaired) electrons. The molecule has 1 aliphatic heterocycles. The highest BCUT2D eigenvalue weighted by atomic mass is 32.1. The summed E-state index contributed by atoms with van der Waals surface area (Å²) in [6, 6.07) is 0. The van der Waals surface area contributed by atoms with Gasteiger partial charge in [-0.25, -0.2) is 9.79 Å². The predicted molar refractivity (Wildman–Crippen MR) is 70.0 cm³/mol. The molecule has 1 heterocycles. The van der Waals surface area contributed by atoms with Crippen molar-refractivity contribution < 1.29 is 19.2 Å². The van der Waals surface area contributed by atoms with E-state index in [0.29, 0.717) is 5.06 Å². The highest BCUT2D eigenvalue weighted by Gasteiger charge is 2.49. The minimum Gasteiger partial charge on any atom is -0.330 e. The maximum atomic E-state index is 12.1. The van der Waals surface area contributed by atoms with Gasteiger partial charge < -0.3 is 4.84 Å². The zero-order valence-corrected chi connectivity index (χ0v) is 12.1. The van der Waals surface area contributed by atoms with Crippen LogP contribution in [0.1, 0.15) is 34.1 Å². The lowest BCUT2D eigenvalue weighted by atomic mass is 9.87. The number of hydrogen-bond donors (Lipinski definition) is 0. The smallest absolute Gasteiger partial charge is 0.330 e. The molecule has 0 aliphatic carbocycles. The van der Waals surface area contributed by atoms with Crippen LogP contribution in [-0.4, -0.2) is 33.5 Å². The van der Waals surface area contributed by atoms with Crippen molar-refractivity contribution >= 4 is 35.2 Å². The first-order chi connectivity index (χ1) is 8.70. The number of isothiocyanates is 1. The van der Waals surface area contributed by atoms with E-state index < -0.39 is 35.2 Å². The van der Waals surface area contributed by atoms with E-state index >= 15 is 0 Å². The van der Waals surface area contributed by atoms with Gasteiger partial charge in [-0.3, -0.25) is 9.59 Å². The molecule has 1 saturated heterocycles. The third-order valence-electron chi connectivity index (χ3n) is 2.94. The predicted octanol–water partition coefficient (Wildman–Crippen LogP) is 1.36. The molecule has 0 spiro atoms. The van der Waals surface area contributed by atoms with Crippen molar-refractivity contribution in [3.05, 3.63) is 0 Å². The van der Waals surface area contributed by atoms with Crippen molar-refractivity contribution in [3.63, 3.8) is 0 Å². The lowest BCUT2D eigenvalue weighted by Gasteiger charge is -2.23. The molecule has 0 N–H and O–H groups in total. The summed E-state index contributed by atoms with van der Waals surface area (Å²) in [6.07, 6.45) is -0.0578. The molecule has 1 aliphatic rings. The first-order valence-corrected chi connectivity index (χ1v) is 6.29. The Hall–Kier alpha value is -1.59. The van der Waals surface area contributed by atoms with Gasteiger partial charge in [-0.05, 0) is 26.1 Å². The lowest BCUT2D eigenvalue weighted by molar-refractivity contribution is -0.200. The van der Waals surface area contributed by atoms with Crippen LogP contribution in [0.4, 0.5) is 0 Å². The van der Waals surface area contributed by atoms with Crippen molar-refractivity contribution in [2.24, 2.45) is 16.8 Å². The lowest BCUT2D eigenvalue weighted by Crippen LogP contribution is -2.39. The van der Waals surface area contributed by atoms with Crippen LogP contribution in [0.5, 0.6) is 0 Å². The van der Waals surface area contributed by atoms with Gasteiger partial charge in [0, 0.05) is 6.42 Å². The van der Waals surface area contributed by atoms with Gasteiger partial charge >= 0.3 is 5.97 Å². The number of imide groups is 1. The Morgan fingerprint density at radius 2 is 2.11 bits per heavy atom. The van der Waals surface area contributed by atoms with Gasteiger partial charge in [-0.1, -0.05) is 13.8 Å². The van der Waals surface area contributed by atoms with Gasteiger partial charge in [0.15, 0.2) is 0 Å². The number of hydroxylamine groups is 2. The van der Waals surface area contributed by atoms with E-state index in [2.05, 4.69) is 22.4 Å². The Kier molecular flexibility index (Phi) is 4.55. The molecule has 6 nitrogen and oxygen atoms in total. The molecule has 0 saturated carbocycles. The molecular formula is C12H16N2O4S. The summed E-state index contributed by atoms with van der Waals surface area (Å²) < 4.78 is 0. The minimum absolute atomic E-state index is 0.0578. The number of hydrogen-bond acceptors (Lipinski definition) is 6. The number of carbonyl (C=O) groups is 3. The fraction of sp³-hybridized carbons (Fsp3) is 0.667. The Bertz CT molecular complexity index is 466. The Labute approximate surface area is 116 Å². The second-order valence-corrected chi connectivity index (χ2v) is 5.39. The van der Waals surface area contributed by atoms with Gasteiger partial charge in [-0.2, -0.15) is 0 Å². The summed E-state index contributed by atoms with van der Waals surface area (Å²) in [5.74, 6) is -2.87. The molecule has 0 aromatic carbocycles. The first kappa shape index (κ1) is 15.5. The number of carbonyl (C=O) groups excluding carboxylic acids is 3. The van der Waals surface area contributed by atoms with E-state index in [1.165, 1.54) is 0 Å². The second-order valence-electron chi connectivity index (χ2n) is 5.20. The fourth-order valence-electron chi connectivity index (χ4n) is 1.65. The molecular weight excluding hydrogens is 268 g/mol. The molecule has 0 bridgehead atoms. The number of thiocarbonyl (C=S) groups is 1. The largest absolute Gasteiger partial charge is 0.335 e. The molecule has 2 amide bonds. The van der Waals surface area contributed by atoms with Crippen molar-refractivity contribution in [1.82, 2.24) is 5.06 Å². The van der Waals surface area contributed by atoms with Crippen LogP contribution in [0.25, 0.3) is 0 Å². The van der Waals surface area contributed by atoms with Crippen LogP contribution >= 0.6 is 12.2 Å². The number of nitrogens with zero attached hydrogens (tertiary/aromatic N) is 2. The van der Waals surface area contributed by atoms with Crippen LogP contribution in [0.2, 0.25) is 0 Å².